The number of carbonyl (C=O) groups is 1. The van der Waals surface area contributed by atoms with Gasteiger partial charge < -0.3 is 10.3 Å². The first-order chi connectivity index (χ1) is 10.7. The minimum absolute atomic E-state index is 0.145. The number of carbonyl (C=O) groups excluding carboxylic acids is 1. The van der Waals surface area contributed by atoms with Crippen molar-refractivity contribution in [1.82, 2.24) is 15.0 Å². The lowest BCUT2D eigenvalue weighted by Gasteiger charge is -2.29. The predicted octanol–water partition coefficient (Wildman–Crippen LogP) is 3.73. The van der Waals surface area contributed by atoms with Gasteiger partial charge in [0.15, 0.2) is 11.6 Å². The molecular formula is C16H19ClN4O. The second-order valence-corrected chi connectivity index (χ2v) is 6.15. The van der Waals surface area contributed by atoms with Gasteiger partial charge in [-0.05, 0) is 55.3 Å². The van der Waals surface area contributed by atoms with Gasteiger partial charge in [-0.1, -0.05) is 6.58 Å². The van der Waals surface area contributed by atoms with Crippen molar-refractivity contribution in [3.8, 4) is 0 Å². The lowest BCUT2D eigenvalue weighted by molar-refractivity contribution is -0.115. The maximum Gasteiger partial charge on any atom is 0.225 e. The number of fused-ring (bicyclic) bond motifs is 1. The Morgan fingerprint density at radius 1 is 1.41 bits per heavy atom. The van der Waals surface area contributed by atoms with Crippen LogP contribution in [0.5, 0.6) is 0 Å². The molecule has 1 saturated carbocycles. The van der Waals surface area contributed by atoms with Crippen molar-refractivity contribution >= 4 is 34.2 Å². The number of anilines is 1. The number of H-pyrrole nitrogens is 1. The number of rotatable bonds is 5. The molecule has 0 saturated heterocycles. The second-order valence-electron chi connectivity index (χ2n) is 5.82. The molecule has 2 N–H and O–H groups in total. The van der Waals surface area contributed by atoms with Crippen LogP contribution in [-0.4, -0.2) is 26.8 Å². The smallest absolute Gasteiger partial charge is 0.225 e. The first kappa shape index (κ1) is 15.0. The van der Waals surface area contributed by atoms with Gasteiger partial charge in [0.1, 0.15) is 5.52 Å². The predicted molar refractivity (Wildman–Crippen MR) is 88.1 cm³/mol. The van der Waals surface area contributed by atoms with E-state index in [1.165, 1.54) is 6.08 Å². The molecule has 0 atom stereocenters. The molecule has 0 amide bonds. The quantitative estimate of drug-likeness (QED) is 0.651. The number of aromatic nitrogens is 3. The molecule has 0 unspecified atom stereocenters. The molecule has 0 spiro atoms. The number of halogens is 1. The van der Waals surface area contributed by atoms with Crippen molar-refractivity contribution < 1.29 is 4.79 Å². The van der Waals surface area contributed by atoms with Crippen LogP contribution in [0, 0.1) is 5.92 Å². The Kier molecular flexibility index (Phi) is 4.43. The van der Waals surface area contributed by atoms with E-state index in [1.807, 2.05) is 12.3 Å². The molecule has 6 heteroatoms. The average molecular weight is 319 g/mol. The molecule has 3 rings (SSSR count). The summed E-state index contributed by atoms with van der Waals surface area (Å²) in [6.07, 6.45) is 8.02. The number of ketones is 1. The summed E-state index contributed by atoms with van der Waals surface area (Å²) in [4.78, 5) is 23.1. The third-order valence-corrected chi connectivity index (χ3v) is 4.45. The SMILES string of the molecule is C=CC(=O)CC1CCC(Nc2nc(Cl)nc3cc[nH]c23)CC1. The molecular weight excluding hydrogens is 300 g/mol. The summed E-state index contributed by atoms with van der Waals surface area (Å²) in [6.45, 7) is 3.54. The minimum atomic E-state index is 0.145. The van der Waals surface area contributed by atoms with Gasteiger partial charge in [0.25, 0.3) is 0 Å². The zero-order chi connectivity index (χ0) is 15.5. The number of hydrogen-bond donors (Lipinski definition) is 2. The van der Waals surface area contributed by atoms with Crippen molar-refractivity contribution in [2.75, 3.05) is 5.32 Å². The van der Waals surface area contributed by atoms with Gasteiger partial charge in [0.05, 0.1) is 5.52 Å². The van der Waals surface area contributed by atoms with Crippen LogP contribution in [0.15, 0.2) is 24.9 Å². The summed E-state index contributed by atoms with van der Waals surface area (Å²) in [5.74, 6) is 1.38. The molecule has 1 fully saturated rings. The highest BCUT2D eigenvalue weighted by Crippen LogP contribution is 2.30. The van der Waals surface area contributed by atoms with Crippen LogP contribution in [-0.2, 0) is 4.79 Å². The van der Waals surface area contributed by atoms with E-state index in [1.54, 1.807) is 0 Å². The fourth-order valence-electron chi connectivity index (χ4n) is 3.09. The standard InChI is InChI=1S/C16H19ClN4O/c1-2-12(22)9-10-3-5-11(6-4-10)19-15-14-13(7-8-18-14)20-16(17)21-15/h2,7-8,10-11,18H,1,3-6,9H2,(H,19,20,21). The van der Waals surface area contributed by atoms with Crippen molar-refractivity contribution in [3.63, 3.8) is 0 Å². The van der Waals surface area contributed by atoms with E-state index in [4.69, 9.17) is 11.6 Å². The fourth-order valence-corrected chi connectivity index (χ4v) is 3.27. The summed E-state index contributed by atoms with van der Waals surface area (Å²) in [7, 11) is 0. The van der Waals surface area contributed by atoms with Crippen LogP contribution in [0.25, 0.3) is 11.0 Å². The van der Waals surface area contributed by atoms with E-state index in [0.29, 0.717) is 18.4 Å². The molecule has 1 aliphatic rings. The molecule has 2 aromatic rings. The Hall–Kier alpha value is -1.88. The third kappa shape index (κ3) is 3.30. The van der Waals surface area contributed by atoms with Gasteiger partial charge in [-0.25, -0.2) is 4.98 Å². The van der Waals surface area contributed by atoms with Crippen LogP contribution in [0.2, 0.25) is 5.28 Å². The highest BCUT2D eigenvalue weighted by molar-refractivity contribution is 6.28. The highest BCUT2D eigenvalue weighted by Gasteiger charge is 2.23. The molecule has 1 aliphatic carbocycles. The third-order valence-electron chi connectivity index (χ3n) is 4.28. The molecule has 2 aromatic heterocycles. The van der Waals surface area contributed by atoms with E-state index >= 15 is 0 Å². The minimum Gasteiger partial charge on any atom is -0.365 e. The first-order valence-corrected chi connectivity index (χ1v) is 7.96. The van der Waals surface area contributed by atoms with Gasteiger partial charge in [-0.3, -0.25) is 4.79 Å². The Morgan fingerprint density at radius 2 is 2.18 bits per heavy atom. The summed E-state index contributed by atoms with van der Waals surface area (Å²) >= 11 is 5.97. The summed E-state index contributed by atoms with van der Waals surface area (Å²) < 4.78 is 0. The zero-order valence-corrected chi connectivity index (χ0v) is 13.1. The van der Waals surface area contributed by atoms with Crippen molar-refractivity contribution in [2.24, 2.45) is 5.92 Å². The Morgan fingerprint density at radius 3 is 2.91 bits per heavy atom. The largest absolute Gasteiger partial charge is 0.365 e. The molecule has 0 bridgehead atoms. The zero-order valence-electron chi connectivity index (χ0n) is 12.3. The van der Waals surface area contributed by atoms with E-state index in [9.17, 15) is 4.79 Å². The Balaban J connectivity index is 1.63. The Labute approximate surface area is 134 Å². The van der Waals surface area contributed by atoms with Gasteiger partial charge in [-0.15, -0.1) is 0 Å². The molecule has 22 heavy (non-hydrogen) atoms. The second kappa shape index (κ2) is 6.48. The van der Waals surface area contributed by atoms with E-state index in [-0.39, 0.29) is 11.1 Å². The van der Waals surface area contributed by atoms with E-state index in [0.717, 1.165) is 42.5 Å². The van der Waals surface area contributed by atoms with Gasteiger partial charge in [0.2, 0.25) is 5.28 Å². The molecule has 0 aliphatic heterocycles. The highest BCUT2D eigenvalue weighted by atomic mass is 35.5. The van der Waals surface area contributed by atoms with Crippen molar-refractivity contribution in [1.29, 1.82) is 0 Å². The number of aromatic amines is 1. The van der Waals surface area contributed by atoms with E-state index < -0.39 is 0 Å². The number of nitrogens with zero attached hydrogens (tertiary/aromatic N) is 2. The summed E-state index contributed by atoms with van der Waals surface area (Å²) in [5.41, 5.74) is 1.70. The normalized spacial score (nSPS) is 21.7. The summed E-state index contributed by atoms with van der Waals surface area (Å²) in [5, 5.41) is 3.72. The van der Waals surface area contributed by atoms with Crippen LogP contribution in [0.3, 0.4) is 0 Å². The van der Waals surface area contributed by atoms with Crippen molar-refractivity contribution in [3.05, 3.63) is 30.2 Å². The molecule has 116 valence electrons. The number of hydrogen-bond acceptors (Lipinski definition) is 4. The van der Waals surface area contributed by atoms with Crippen LogP contribution in [0.4, 0.5) is 5.82 Å². The fraction of sp³-hybridized carbons (Fsp3) is 0.438. The molecule has 0 aromatic carbocycles. The van der Waals surface area contributed by atoms with Crippen LogP contribution < -0.4 is 5.32 Å². The summed E-state index contributed by atoms with van der Waals surface area (Å²) in [6, 6.07) is 2.24. The topological polar surface area (TPSA) is 70.7 Å². The molecule has 5 nitrogen and oxygen atoms in total. The maximum absolute atomic E-state index is 11.4. The van der Waals surface area contributed by atoms with Gasteiger partial charge in [-0.2, -0.15) is 4.98 Å². The monoisotopic (exact) mass is 318 g/mol. The molecule has 2 heterocycles. The number of allylic oxidation sites excluding steroid dienone is 1. The first-order valence-electron chi connectivity index (χ1n) is 7.58. The average Bonchev–Trinajstić information content (AvgIpc) is 2.97. The lowest BCUT2D eigenvalue weighted by Crippen LogP contribution is -2.27. The van der Waals surface area contributed by atoms with Gasteiger partial charge in [0, 0.05) is 18.7 Å². The van der Waals surface area contributed by atoms with Crippen LogP contribution >= 0.6 is 11.6 Å². The lowest BCUT2D eigenvalue weighted by atomic mass is 9.83. The molecule has 0 radical (unpaired) electrons. The van der Waals surface area contributed by atoms with Crippen molar-refractivity contribution in [2.45, 2.75) is 38.1 Å². The number of nitrogens with one attached hydrogen (secondary N) is 2. The van der Waals surface area contributed by atoms with Crippen LogP contribution in [0.1, 0.15) is 32.1 Å². The maximum atomic E-state index is 11.4. The Bertz CT molecular complexity index is 689. The van der Waals surface area contributed by atoms with Gasteiger partial charge >= 0.3 is 0 Å². The van der Waals surface area contributed by atoms with E-state index in [2.05, 4.69) is 26.8 Å².